The first kappa shape index (κ1) is 17.9. The molecular weight excluding hydrogens is 374 g/mol. The van der Waals surface area contributed by atoms with Crippen molar-refractivity contribution in [2.45, 2.75) is 20.3 Å². The van der Waals surface area contributed by atoms with Crippen molar-refractivity contribution in [2.24, 2.45) is 0 Å². The maximum atomic E-state index is 12.0. The predicted octanol–water partition coefficient (Wildman–Crippen LogP) is 3.96. The fourth-order valence-corrected chi connectivity index (χ4v) is 2.68. The number of aromatic amines is 1. The molecule has 0 spiro atoms. The summed E-state index contributed by atoms with van der Waals surface area (Å²) in [6.07, 6.45) is 6.04. The van der Waals surface area contributed by atoms with E-state index in [1.165, 1.54) is 13.2 Å². The third-order valence-corrected chi connectivity index (χ3v) is 4.04. The minimum Gasteiger partial charge on any atom is -0.465 e. The van der Waals surface area contributed by atoms with Crippen LogP contribution >= 0.6 is 15.9 Å². The van der Waals surface area contributed by atoms with E-state index in [4.69, 9.17) is 4.74 Å². The van der Waals surface area contributed by atoms with Gasteiger partial charge in [0.25, 0.3) is 5.91 Å². The highest BCUT2D eigenvalue weighted by Gasteiger charge is 2.13. The van der Waals surface area contributed by atoms with Crippen LogP contribution in [-0.2, 0) is 9.53 Å². The molecule has 126 valence electrons. The van der Waals surface area contributed by atoms with Crippen LogP contribution in [0.1, 0.15) is 30.6 Å². The smallest absolute Gasteiger partial charge is 0.337 e. The summed E-state index contributed by atoms with van der Waals surface area (Å²) in [5.74, 6) is -0.425. The number of carbonyl (C=O) groups excluding carboxylic acids is 2. The Morgan fingerprint density at radius 1 is 1.38 bits per heavy atom. The van der Waals surface area contributed by atoms with E-state index in [1.807, 2.05) is 19.9 Å². The Morgan fingerprint density at radius 2 is 2.12 bits per heavy atom. The summed E-state index contributed by atoms with van der Waals surface area (Å²) >= 11 is 3.37. The molecule has 0 saturated carbocycles. The predicted molar refractivity (Wildman–Crippen MR) is 97.0 cm³/mol. The van der Waals surface area contributed by atoms with Crippen LogP contribution in [0.4, 0.5) is 5.95 Å². The Labute approximate surface area is 148 Å². The van der Waals surface area contributed by atoms with Crippen molar-refractivity contribution in [1.82, 2.24) is 9.97 Å². The average molecular weight is 392 g/mol. The number of amides is 1. The van der Waals surface area contributed by atoms with Gasteiger partial charge in [0, 0.05) is 10.5 Å². The SMILES string of the molecule is C/C=C(\C=C\C(=O)Nc1nc2c(Br)cc(C(=O)OC)cc2[nH]1)CC. The van der Waals surface area contributed by atoms with Gasteiger partial charge in [-0.05, 0) is 41.4 Å². The molecule has 0 aliphatic rings. The number of anilines is 1. The number of nitrogens with zero attached hydrogens (tertiary/aromatic N) is 1. The van der Waals surface area contributed by atoms with Crippen molar-refractivity contribution in [1.29, 1.82) is 0 Å². The average Bonchev–Trinajstić information content (AvgIpc) is 2.97. The zero-order valence-corrected chi connectivity index (χ0v) is 15.2. The monoisotopic (exact) mass is 391 g/mol. The molecule has 2 rings (SSSR count). The minimum atomic E-state index is -0.445. The van der Waals surface area contributed by atoms with Crippen molar-refractivity contribution < 1.29 is 14.3 Å². The van der Waals surface area contributed by atoms with Crippen LogP contribution < -0.4 is 5.32 Å². The van der Waals surface area contributed by atoms with E-state index >= 15 is 0 Å². The van der Waals surface area contributed by atoms with E-state index in [0.717, 1.165) is 12.0 Å². The number of aromatic nitrogens is 2. The number of rotatable bonds is 5. The number of hydrogen-bond acceptors (Lipinski definition) is 4. The van der Waals surface area contributed by atoms with Gasteiger partial charge in [-0.1, -0.05) is 24.6 Å². The summed E-state index contributed by atoms with van der Waals surface area (Å²) in [4.78, 5) is 30.9. The van der Waals surface area contributed by atoms with Crippen molar-refractivity contribution in [3.63, 3.8) is 0 Å². The molecule has 24 heavy (non-hydrogen) atoms. The lowest BCUT2D eigenvalue weighted by Crippen LogP contribution is -2.09. The van der Waals surface area contributed by atoms with Crippen LogP contribution in [-0.4, -0.2) is 29.0 Å². The number of ether oxygens (including phenoxy) is 1. The Hall–Kier alpha value is -2.41. The summed E-state index contributed by atoms with van der Waals surface area (Å²) in [7, 11) is 1.32. The van der Waals surface area contributed by atoms with Crippen LogP contribution in [0.15, 0.2) is 40.4 Å². The molecule has 1 aromatic heterocycles. The number of methoxy groups -OCH3 is 1. The normalized spacial score (nSPS) is 11.9. The van der Waals surface area contributed by atoms with Crippen LogP contribution in [0.2, 0.25) is 0 Å². The van der Waals surface area contributed by atoms with Gasteiger partial charge in [0.1, 0.15) is 5.52 Å². The molecule has 0 unspecified atom stereocenters. The number of allylic oxidation sites excluding steroid dienone is 3. The fourth-order valence-electron chi connectivity index (χ4n) is 2.13. The Morgan fingerprint density at radius 3 is 2.75 bits per heavy atom. The molecule has 0 radical (unpaired) electrons. The fraction of sp³-hybridized carbons (Fsp3) is 0.235. The molecule has 6 nitrogen and oxygen atoms in total. The lowest BCUT2D eigenvalue weighted by molar-refractivity contribution is -0.111. The van der Waals surface area contributed by atoms with Gasteiger partial charge in [0.15, 0.2) is 0 Å². The summed E-state index contributed by atoms with van der Waals surface area (Å²) in [6.45, 7) is 3.95. The highest BCUT2D eigenvalue weighted by molar-refractivity contribution is 9.10. The van der Waals surface area contributed by atoms with Gasteiger partial charge in [-0.3, -0.25) is 10.1 Å². The molecule has 2 aromatic rings. The zero-order valence-electron chi connectivity index (χ0n) is 13.6. The maximum absolute atomic E-state index is 12.0. The third-order valence-electron chi connectivity index (χ3n) is 3.43. The standard InChI is InChI=1S/C17H18BrN3O3/c1-4-10(5-2)6-7-14(22)20-17-19-13-9-11(16(23)24-3)8-12(18)15(13)21-17/h4,6-9H,5H2,1-3H3,(H2,19,20,21,22)/b7-6+,10-4-. The second kappa shape index (κ2) is 7.92. The molecular formula is C17H18BrN3O3. The van der Waals surface area contributed by atoms with Gasteiger partial charge in [-0.25, -0.2) is 9.78 Å². The number of carbonyl (C=O) groups is 2. The molecule has 0 bridgehead atoms. The van der Waals surface area contributed by atoms with Gasteiger partial charge >= 0.3 is 5.97 Å². The van der Waals surface area contributed by atoms with E-state index in [2.05, 4.69) is 31.2 Å². The van der Waals surface area contributed by atoms with Gasteiger partial charge in [-0.15, -0.1) is 0 Å². The molecule has 0 saturated heterocycles. The maximum Gasteiger partial charge on any atom is 0.337 e. The highest BCUT2D eigenvalue weighted by atomic mass is 79.9. The minimum absolute atomic E-state index is 0.286. The van der Waals surface area contributed by atoms with Gasteiger partial charge in [-0.2, -0.15) is 0 Å². The molecule has 0 atom stereocenters. The first-order valence-corrected chi connectivity index (χ1v) is 8.19. The molecule has 0 fully saturated rings. The second-order valence-electron chi connectivity index (χ2n) is 4.97. The van der Waals surface area contributed by atoms with E-state index in [9.17, 15) is 9.59 Å². The van der Waals surface area contributed by atoms with Crippen LogP contribution in [0.5, 0.6) is 0 Å². The van der Waals surface area contributed by atoms with Gasteiger partial charge in [0.2, 0.25) is 5.95 Å². The molecule has 1 heterocycles. The molecule has 1 aromatic carbocycles. The summed E-state index contributed by atoms with van der Waals surface area (Å²) in [5, 5.41) is 2.67. The van der Waals surface area contributed by atoms with E-state index in [1.54, 1.807) is 18.2 Å². The molecule has 1 amide bonds. The Balaban J connectivity index is 2.23. The number of nitrogens with one attached hydrogen (secondary N) is 2. The van der Waals surface area contributed by atoms with Crippen LogP contribution in [0.3, 0.4) is 0 Å². The molecule has 0 aliphatic heterocycles. The molecule has 2 N–H and O–H groups in total. The highest BCUT2D eigenvalue weighted by Crippen LogP contribution is 2.26. The number of esters is 1. The summed E-state index contributed by atoms with van der Waals surface area (Å²) in [6, 6.07) is 3.25. The Bertz CT molecular complexity index is 837. The second-order valence-corrected chi connectivity index (χ2v) is 5.83. The quantitative estimate of drug-likeness (QED) is 0.458. The van der Waals surface area contributed by atoms with E-state index in [0.29, 0.717) is 27.0 Å². The number of imidazole rings is 1. The zero-order chi connectivity index (χ0) is 17.7. The number of halogens is 1. The number of fused-ring (bicyclic) bond motifs is 1. The van der Waals surface area contributed by atoms with E-state index < -0.39 is 5.97 Å². The van der Waals surface area contributed by atoms with Gasteiger partial charge in [0.05, 0.1) is 18.2 Å². The lowest BCUT2D eigenvalue weighted by atomic mass is 10.2. The summed E-state index contributed by atoms with van der Waals surface area (Å²) < 4.78 is 5.34. The van der Waals surface area contributed by atoms with Crippen molar-refractivity contribution in [3.8, 4) is 0 Å². The topological polar surface area (TPSA) is 84.1 Å². The van der Waals surface area contributed by atoms with Crippen molar-refractivity contribution in [2.75, 3.05) is 12.4 Å². The van der Waals surface area contributed by atoms with Crippen LogP contribution in [0, 0.1) is 0 Å². The number of H-pyrrole nitrogens is 1. The number of benzene rings is 1. The largest absolute Gasteiger partial charge is 0.465 e. The lowest BCUT2D eigenvalue weighted by Gasteiger charge is -2.00. The summed E-state index contributed by atoms with van der Waals surface area (Å²) in [5.41, 5.74) is 2.69. The molecule has 0 aliphatic carbocycles. The number of hydrogen-bond donors (Lipinski definition) is 2. The molecule has 7 heteroatoms. The first-order valence-electron chi connectivity index (χ1n) is 7.40. The van der Waals surface area contributed by atoms with Gasteiger partial charge < -0.3 is 9.72 Å². The van der Waals surface area contributed by atoms with Crippen LogP contribution in [0.25, 0.3) is 11.0 Å². The van der Waals surface area contributed by atoms with E-state index in [-0.39, 0.29) is 5.91 Å². The van der Waals surface area contributed by atoms with Crippen molar-refractivity contribution >= 4 is 44.8 Å². The Kier molecular flexibility index (Phi) is 5.92. The first-order chi connectivity index (χ1) is 11.5. The van der Waals surface area contributed by atoms with Crippen molar-refractivity contribution in [3.05, 3.63) is 46.0 Å². The third kappa shape index (κ3) is 4.11.